The molecule has 0 spiro atoms. The average molecular weight is 342 g/mol. The van der Waals surface area contributed by atoms with Crippen molar-refractivity contribution < 1.29 is 4.74 Å². The second kappa shape index (κ2) is 8.16. The molecule has 6 heteroatoms. The molecule has 1 aromatic carbocycles. The molecule has 1 unspecified atom stereocenters. The first-order valence-electron chi connectivity index (χ1n) is 8.90. The third-order valence-electron chi connectivity index (χ3n) is 4.80. The number of nitrogens with one attached hydrogen (secondary N) is 1. The van der Waals surface area contributed by atoms with Crippen LogP contribution in [0.15, 0.2) is 41.5 Å². The van der Waals surface area contributed by atoms with Gasteiger partial charge in [0, 0.05) is 25.5 Å². The molecule has 134 valence electrons. The Kier molecular flexibility index (Phi) is 5.71. The number of hydrogen-bond donors (Lipinski definition) is 1. The number of benzene rings is 1. The fraction of sp³-hybridized carbons (Fsp3) is 0.474. The van der Waals surface area contributed by atoms with Gasteiger partial charge in [0.15, 0.2) is 5.82 Å². The summed E-state index contributed by atoms with van der Waals surface area (Å²) < 4.78 is 6.92. The number of aromatic nitrogens is 2. The largest absolute Gasteiger partial charge is 0.497 e. The Morgan fingerprint density at radius 3 is 2.60 bits per heavy atom. The van der Waals surface area contributed by atoms with Crippen LogP contribution in [0.5, 0.6) is 5.75 Å². The minimum atomic E-state index is -0.0695. The highest BCUT2D eigenvalue weighted by atomic mass is 16.5. The maximum absolute atomic E-state index is 12.4. The SMILES string of the molecule is CCn1ccnc(NCC(c2ccc(OC)cc2)N2CCCC2)c1=O. The van der Waals surface area contributed by atoms with Crippen LogP contribution in [-0.2, 0) is 6.54 Å². The lowest BCUT2D eigenvalue weighted by atomic mass is 10.1. The van der Waals surface area contributed by atoms with Crippen molar-refractivity contribution >= 4 is 5.82 Å². The molecule has 1 atom stereocenters. The normalized spacial score (nSPS) is 15.9. The molecule has 0 saturated carbocycles. The molecule has 1 aliphatic heterocycles. The van der Waals surface area contributed by atoms with Crippen LogP contribution in [0, 0.1) is 0 Å². The van der Waals surface area contributed by atoms with Crippen molar-refractivity contribution in [2.45, 2.75) is 32.4 Å². The lowest BCUT2D eigenvalue weighted by Crippen LogP contribution is -2.33. The Bertz CT molecular complexity index is 736. The zero-order valence-corrected chi connectivity index (χ0v) is 14.9. The summed E-state index contributed by atoms with van der Waals surface area (Å²) in [5, 5.41) is 3.27. The van der Waals surface area contributed by atoms with E-state index in [1.54, 1.807) is 24.1 Å². The lowest BCUT2D eigenvalue weighted by molar-refractivity contribution is 0.255. The Hall–Kier alpha value is -2.34. The smallest absolute Gasteiger partial charge is 0.293 e. The summed E-state index contributed by atoms with van der Waals surface area (Å²) >= 11 is 0. The Labute approximate surface area is 148 Å². The van der Waals surface area contributed by atoms with E-state index in [1.165, 1.54) is 18.4 Å². The van der Waals surface area contributed by atoms with E-state index in [1.807, 2.05) is 19.1 Å². The molecule has 6 nitrogen and oxygen atoms in total. The summed E-state index contributed by atoms with van der Waals surface area (Å²) in [6, 6.07) is 8.40. The van der Waals surface area contributed by atoms with Crippen LogP contribution in [0.2, 0.25) is 0 Å². The van der Waals surface area contributed by atoms with Crippen molar-refractivity contribution in [3.63, 3.8) is 0 Å². The fourth-order valence-electron chi connectivity index (χ4n) is 3.35. The summed E-state index contributed by atoms with van der Waals surface area (Å²) in [5.74, 6) is 1.27. The van der Waals surface area contributed by atoms with Crippen molar-refractivity contribution in [2.24, 2.45) is 0 Å². The van der Waals surface area contributed by atoms with Gasteiger partial charge in [-0.1, -0.05) is 12.1 Å². The minimum absolute atomic E-state index is 0.0695. The van der Waals surface area contributed by atoms with Crippen LogP contribution >= 0.6 is 0 Å². The molecule has 0 amide bonds. The number of nitrogens with zero attached hydrogens (tertiary/aromatic N) is 3. The molecule has 2 aromatic rings. The highest BCUT2D eigenvalue weighted by Gasteiger charge is 2.23. The summed E-state index contributed by atoms with van der Waals surface area (Å²) in [6.45, 7) is 5.42. The van der Waals surface area contributed by atoms with E-state index in [0.717, 1.165) is 18.8 Å². The molecule has 1 N–H and O–H groups in total. The molecule has 1 aromatic heterocycles. The number of methoxy groups -OCH3 is 1. The van der Waals surface area contributed by atoms with Crippen LogP contribution in [0.25, 0.3) is 0 Å². The van der Waals surface area contributed by atoms with E-state index in [4.69, 9.17) is 4.74 Å². The van der Waals surface area contributed by atoms with Crippen molar-refractivity contribution in [3.8, 4) is 5.75 Å². The van der Waals surface area contributed by atoms with Crippen LogP contribution in [0.1, 0.15) is 31.4 Å². The minimum Gasteiger partial charge on any atom is -0.497 e. The van der Waals surface area contributed by atoms with Gasteiger partial charge in [-0.15, -0.1) is 0 Å². The third-order valence-corrected chi connectivity index (χ3v) is 4.80. The first-order chi connectivity index (χ1) is 12.2. The summed E-state index contributed by atoms with van der Waals surface area (Å²) in [5.41, 5.74) is 1.15. The number of likely N-dealkylation sites (tertiary alicyclic amines) is 1. The number of anilines is 1. The zero-order chi connectivity index (χ0) is 17.6. The van der Waals surface area contributed by atoms with Crippen LogP contribution in [0.4, 0.5) is 5.82 Å². The number of rotatable bonds is 7. The maximum atomic E-state index is 12.4. The van der Waals surface area contributed by atoms with Gasteiger partial charge in [-0.05, 0) is 50.6 Å². The number of ether oxygens (including phenoxy) is 1. The predicted molar refractivity (Wildman–Crippen MR) is 99.2 cm³/mol. The van der Waals surface area contributed by atoms with Gasteiger partial charge >= 0.3 is 0 Å². The summed E-state index contributed by atoms with van der Waals surface area (Å²) in [7, 11) is 1.67. The molecular formula is C19H26N4O2. The van der Waals surface area contributed by atoms with Gasteiger partial charge in [0.25, 0.3) is 5.56 Å². The molecule has 3 rings (SSSR count). The fourth-order valence-corrected chi connectivity index (χ4v) is 3.35. The Morgan fingerprint density at radius 1 is 1.24 bits per heavy atom. The first-order valence-corrected chi connectivity index (χ1v) is 8.90. The maximum Gasteiger partial charge on any atom is 0.293 e. The van der Waals surface area contributed by atoms with E-state index in [2.05, 4.69) is 27.3 Å². The zero-order valence-electron chi connectivity index (χ0n) is 14.9. The Balaban J connectivity index is 1.79. The molecule has 0 radical (unpaired) electrons. The number of aryl methyl sites for hydroxylation is 1. The lowest BCUT2D eigenvalue weighted by Gasteiger charge is -2.28. The molecule has 1 fully saturated rings. The first kappa shape index (κ1) is 17.5. The molecule has 2 heterocycles. The van der Waals surface area contributed by atoms with Crippen molar-refractivity contribution in [2.75, 3.05) is 32.1 Å². The quantitative estimate of drug-likeness (QED) is 0.838. The third kappa shape index (κ3) is 4.02. The van der Waals surface area contributed by atoms with Crippen molar-refractivity contribution in [1.29, 1.82) is 0 Å². The summed E-state index contributed by atoms with van der Waals surface area (Å²) in [4.78, 5) is 19.1. The molecule has 0 aliphatic carbocycles. The van der Waals surface area contributed by atoms with Crippen LogP contribution < -0.4 is 15.6 Å². The van der Waals surface area contributed by atoms with E-state index in [0.29, 0.717) is 18.9 Å². The average Bonchev–Trinajstić information content (AvgIpc) is 3.18. The van der Waals surface area contributed by atoms with Crippen molar-refractivity contribution in [1.82, 2.24) is 14.5 Å². The highest BCUT2D eigenvalue weighted by molar-refractivity contribution is 5.34. The molecule has 0 bridgehead atoms. The monoisotopic (exact) mass is 342 g/mol. The van der Waals surface area contributed by atoms with Gasteiger partial charge in [0.2, 0.25) is 0 Å². The number of hydrogen-bond acceptors (Lipinski definition) is 5. The van der Waals surface area contributed by atoms with Gasteiger partial charge in [-0.3, -0.25) is 9.69 Å². The van der Waals surface area contributed by atoms with Gasteiger partial charge in [-0.2, -0.15) is 0 Å². The van der Waals surface area contributed by atoms with E-state index >= 15 is 0 Å². The van der Waals surface area contributed by atoms with Crippen LogP contribution in [-0.4, -0.2) is 41.2 Å². The second-order valence-corrected chi connectivity index (χ2v) is 6.28. The molecule has 25 heavy (non-hydrogen) atoms. The van der Waals surface area contributed by atoms with E-state index in [-0.39, 0.29) is 11.6 Å². The summed E-state index contributed by atoms with van der Waals surface area (Å²) in [6.07, 6.45) is 5.83. The van der Waals surface area contributed by atoms with Gasteiger partial charge in [0.05, 0.1) is 13.2 Å². The van der Waals surface area contributed by atoms with E-state index < -0.39 is 0 Å². The van der Waals surface area contributed by atoms with Crippen LogP contribution in [0.3, 0.4) is 0 Å². The van der Waals surface area contributed by atoms with Crippen molar-refractivity contribution in [3.05, 3.63) is 52.6 Å². The standard InChI is InChI=1S/C19H26N4O2/c1-3-22-13-10-20-18(19(22)24)21-14-17(23-11-4-5-12-23)15-6-8-16(25-2)9-7-15/h6-10,13,17H,3-5,11-12,14H2,1-2H3,(H,20,21). The topological polar surface area (TPSA) is 59.4 Å². The Morgan fingerprint density at radius 2 is 1.96 bits per heavy atom. The van der Waals surface area contributed by atoms with Gasteiger partial charge in [-0.25, -0.2) is 4.98 Å². The molecule has 1 aliphatic rings. The molecule has 1 saturated heterocycles. The highest BCUT2D eigenvalue weighted by Crippen LogP contribution is 2.26. The van der Waals surface area contributed by atoms with Gasteiger partial charge in [0.1, 0.15) is 5.75 Å². The van der Waals surface area contributed by atoms with Gasteiger partial charge < -0.3 is 14.6 Å². The van der Waals surface area contributed by atoms with E-state index in [9.17, 15) is 4.79 Å². The molecular weight excluding hydrogens is 316 g/mol. The second-order valence-electron chi connectivity index (χ2n) is 6.28. The predicted octanol–water partition coefficient (Wildman–Crippen LogP) is 2.52.